The predicted octanol–water partition coefficient (Wildman–Crippen LogP) is 3.73. The van der Waals surface area contributed by atoms with Crippen LogP contribution in [0, 0.1) is 10.1 Å². The van der Waals surface area contributed by atoms with Crippen molar-refractivity contribution in [3.63, 3.8) is 0 Å². The molecule has 0 N–H and O–H groups in total. The summed E-state index contributed by atoms with van der Waals surface area (Å²) in [5, 5.41) is 10.9. The molecule has 0 radical (unpaired) electrons. The van der Waals surface area contributed by atoms with Crippen LogP contribution in [0.2, 0.25) is 5.15 Å². The summed E-state index contributed by atoms with van der Waals surface area (Å²) in [5.41, 5.74) is -6.56. The maximum atomic E-state index is 12.5. The van der Waals surface area contributed by atoms with Crippen molar-refractivity contribution in [2.24, 2.45) is 0 Å². The Labute approximate surface area is 137 Å². The SMILES string of the molecule is O=[N+]([O-])c1cc(S(=O)(=O)C(F)(F)F)ccc1Oc1cccnc1Cl. The summed E-state index contributed by atoms with van der Waals surface area (Å²) in [4.78, 5) is 12.3. The van der Waals surface area contributed by atoms with Gasteiger partial charge in [0.05, 0.1) is 9.82 Å². The van der Waals surface area contributed by atoms with Crippen molar-refractivity contribution >= 4 is 27.1 Å². The Morgan fingerprint density at radius 2 is 1.88 bits per heavy atom. The second-order valence-electron chi connectivity index (χ2n) is 4.23. The zero-order valence-corrected chi connectivity index (χ0v) is 12.9. The summed E-state index contributed by atoms with van der Waals surface area (Å²) >= 11 is 5.72. The average Bonchev–Trinajstić information content (AvgIpc) is 2.48. The van der Waals surface area contributed by atoms with Crippen molar-refractivity contribution < 1.29 is 31.2 Å². The molecule has 0 amide bonds. The normalized spacial score (nSPS) is 12.0. The third-order valence-electron chi connectivity index (χ3n) is 2.69. The molecule has 0 spiro atoms. The number of sulfone groups is 1. The maximum absolute atomic E-state index is 12.5. The van der Waals surface area contributed by atoms with Crippen molar-refractivity contribution in [2.45, 2.75) is 10.4 Å². The summed E-state index contributed by atoms with van der Waals surface area (Å²) < 4.78 is 65.4. The number of pyridine rings is 1. The molecule has 2 rings (SSSR count). The summed E-state index contributed by atoms with van der Waals surface area (Å²) in [5.74, 6) is -0.579. The van der Waals surface area contributed by atoms with Crippen molar-refractivity contribution in [1.29, 1.82) is 0 Å². The lowest BCUT2D eigenvalue weighted by atomic mass is 10.3. The van der Waals surface area contributed by atoms with Gasteiger partial charge in [-0.1, -0.05) is 11.6 Å². The predicted molar refractivity (Wildman–Crippen MR) is 75.7 cm³/mol. The van der Waals surface area contributed by atoms with Crippen LogP contribution in [0.1, 0.15) is 0 Å². The van der Waals surface area contributed by atoms with Gasteiger partial charge in [-0.25, -0.2) is 13.4 Å². The number of nitrogens with zero attached hydrogens (tertiary/aromatic N) is 2. The van der Waals surface area contributed by atoms with E-state index in [-0.39, 0.29) is 17.0 Å². The van der Waals surface area contributed by atoms with Gasteiger partial charge < -0.3 is 4.74 Å². The minimum atomic E-state index is -5.73. The fourth-order valence-corrected chi connectivity index (χ4v) is 2.53. The molecule has 0 unspecified atom stereocenters. The van der Waals surface area contributed by atoms with E-state index >= 15 is 0 Å². The quantitative estimate of drug-likeness (QED) is 0.454. The molecule has 1 aromatic carbocycles. The van der Waals surface area contributed by atoms with Gasteiger partial charge in [-0.15, -0.1) is 0 Å². The maximum Gasteiger partial charge on any atom is 0.501 e. The van der Waals surface area contributed by atoms with Crippen LogP contribution in [0.4, 0.5) is 18.9 Å². The van der Waals surface area contributed by atoms with E-state index in [1.165, 1.54) is 18.3 Å². The summed E-state index contributed by atoms with van der Waals surface area (Å²) in [6, 6.07) is 4.28. The lowest BCUT2D eigenvalue weighted by molar-refractivity contribution is -0.385. The highest BCUT2D eigenvalue weighted by atomic mass is 35.5. The molecular weight excluding hydrogens is 377 g/mol. The molecule has 128 valence electrons. The van der Waals surface area contributed by atoms with E-state index in [1.807, 2.05) is 0 Å². The zero-order chi connectivity index (χ0) is 18.1. The minimum Gasteiger partial charge on any atom is -0.447 e. The molecule has 7 nitrogen and oxygen atoms in total. The summed E-state index contributed by atoms with van der Waals surface area (Å²) in [6.07, 6.45) is 1.32. The number of hydrogen-bond acceptors (Lipinski definition) is 6. The van der Waals surface area contributed by atoms with Gasteiger partial charge in [-0.3, -0.25) is 10.1 Å². The number of ether oxygens (including phenoxy) is 1. The lowest BCUT2D eigenvalue weighted by Gasteiger charge is -2.10. The van der Waals surface area contributed by atoms with Crippen LogP contribution < -0.4 is 4.74 Å². The summed E-state index contributed by atoms with van der Waals surface area (Å²) in [7, 11) is -5.73. The molecular formula is C12H6ClF3N2O5S. The van der Waals surface area contributed by atoms with E-state index in [0.29, 0.717) is 6.07 Å². The van der Waals surface area contributed by atoms with Gasteiger partial charge >= 0.3 is 11.2 Å². The van der Waals surface area contributed by atoms with E-state index in [1.54, 1.807) is 0 Å². The van der Waals surface area contributed by atoms with Crippen LogP contribution >= 0.6 is 11.6 Å². The Kier molecular flexibility index (Phi) is 4.67. The van der Waals surface area contributed by atoms with Crippen LogP contribution in [0.3, 0.4) is 0 Å². The van der Waals surface area contributed by atoms with Crippen molar-refractivity contribution in [3.05, 3.63) is 51.8 Å². The second-order valence-corrected chi connectivity index (χ2v) is 6.53. The average molecular weight is 383 g/mol. The molecule has 1 heterocycles. The third-order valence-corrected chi connectivity index (χ3v) is 4.45. The monoisotopic (exact) mass is 382 g/mol. The van der Waals surface area contributed by atoms with E-state index in [0.717, 1.165) is 6.07 Å². The number of halogens is 4. The highest BCUT2D eigenvalue weighted by Gasteiger charge is 2.47. The van der Waals surface area contributed by atoms with Crippen LogP contribution in [-0.4, -0.2) is 23.8 Å². The smallest absolute Gasteiger partial charge is 0.447 e. The van der Waals surface area contributed by atoms with Crippen molar-refractivity contribution in [1.82, 2.24) is 4.98 Å². The standard InChI is InChI=1S/C12H6ClF3N2O5S/c13-11-10(2-1-5-17-11)23-9-4-3-7(6-8(9)18(19)20)24(21,22)12(14,15)16/h1-6H. The Hall–Kier alpha value is -2.40. The number of nitro groups is 1. The second kappa shape index (κ2) is 6.24. The fourth-order valence-electron chi connectivity index (χ4n) is 1.59. The van der Waals surface area contributed by atoms with Gasteiger partial charge in [-0.05, 0) is 24.3 Å². The molecule has 2 aromatic rings. The largest absolute Gasteiger partial charge is 0.501 e. The molecule has 0 fully saturated rings. The molecule has 0 aliphatic heterocycles. The van der Waals surface area contributed by atoms with Crippen LogP contribution in [0.15, 0.2) is 41.4 Å². The number of rotatable bonds is 4. The number of benzene rings is 1. The molecule has 0 aliphatic rings. The van der Waals surface area contributed by atoms with Gasteiger partial charge in [-0.2, -0.15) is 13.2 Å². The molecule has 12 heteroatoms. The number of aromatic nitrogens is 1. The zero-order valence-electron chi connectivity index (χ0n) is 11.3. The van der Waals surface area contributed by atoms with Gasteiger partial charge in [0.2, 0.25) is 5.75 Å². The Morgan fingerprint density at radius 3 is 2.42 bits per heavy atom. The fraction of sp³-hybridized carbons (Fsp3) is 0.0833. The van der Waals surface area contributed by atoms with E-state index in [2.05, 4.69) is 4.98 Å². The highest BCUT2D eigenvalue weighted by Crippen LogP contribution is 2.38. The Balaban J connectivity index is 2.53. The molecule has 0 saturated heterocycles. The van der Waals surface area contributed by atoms with Crippen LogP contribution in [-0.2, 0) is 9.84 Å². The van der Waals surface area contributed by atoms with E-state index in [9.17, 15) is 31.7 Å². The first-order valence-corrected chi connectivity index (χ1v) is 7.78. The van der Waals surface area contributed by atoms with Gasteiger partial charge in [0.1, 0.15) is 0 Å². The number of nitro benzene ring substituents is 1. The third kappa shape index (κ3) is 3.41. The molecule has 24 heavy (non-hydrogen) atoms. The van der Waals surface area contributed by atoms with E-state index in [4.69, 9.17) is 16.3 Å². The van der Waals surface area contributed by atoms with Gasteiger partial charge in [0.15, 0.2) is 10.9 Å². The number of alkyl halides is 3. The Morgan fingerprint density at radius 1 is 1.21 bits per heavy atom. The lowest BCUT2D eigenvalue weighted by Crippen LogP contribution is -2.23. The molecule has 0 bridgehead atoms. The van der Waals surface area contributed by atoms with Crippen molar-refractivity contribution in [3.8, 4) is 11.5 Å². The molecule has 0 atom stereocenters. The minimum absolute atomic E-state index is 0.0892. The summed E-state index contributed by atoms with van der Waals surface area (Å²) in [6.45, 7) is 0. The van der Waals surface area contributed by atoms with E-state index < -0.39 is 36.6 Å². The molecule has 0 aliphatic carbocycles. The topological polar surface area (TPSA) is 99.4 Å². The van der Waals surface area contributed by atoms with Crippen LogP contribution in [0.5, 0.6) is 11.5 Å². The highest BCUT2D eigenvalue weighted by molar-refractivity contribution is 7.92. The molecule has 1 aromatic heterocycles. The first-order valence-electron chi connectivity index (χ1n) is 5.92. The number of hydrogen-bond donors (Lipinski definition) is 0. The Bertz CT molecular complexity index is 902. The van der Waals surface area contributed by atoms with Gasteiger partial charge in [0.25, 0.3) is 9.84 Å². The van der Waals surface area contributed by atoms with Gasteiger partial charge in [0, 0.05) is 12.3 Å². The van der Waals surface area contributed by atoms with Crippen LogP contribution in [0.25, 0.3) is 0 Å². The first kappa shape index (κ1) is 17.9. The van der Waals surface area contributed by atoms with Crippen molar-refractivity contribution in [2.75, 3.05) is 0 Å². The molecule has 0 saturated carbocycles. The first-order chi connectivity index (χ1) is 11.0.